The number of hydrogen-bond acceptors (Lipinski definition) is 4. The van der Waals surface area contributed by atoms with Crippen molar-refractivity contribution in [2.75, 3.05) is 19.2 Å². The molecule has 298 valence electrons. The summed E-state index contributed by atoms with van der Waals surface area (Å²) in [6.07, 6.45) is 20.6. The van der Waals surface area contributed by atoms with Gasteiger partial charge in [0.05, 0.1) is 12.2 Å². The Balaban J connectivity index is 0.000000268. The molecule has 5 heteroatoms. The Labute approximate surface area is 338 Å². The molecule has 4 aliphatic carbocycles. The van der Waals surface area contributed by atoms with Crippen LogP contribution in [0.15, 0.2) is 36.4 Å². The van der Waals surface area contributed by atoms with Gasteiger partial charge < -0.3 is 9.47 Å². The van der Waals surface area contributed by atoms with Gasteiger partial charge in [0.1, 0.15) is 11.6 Å². The molecule has 0 N–H and O–H groups in total. The van der Waals surface area contributed by atoms with Gasteiger partial charge in [0, 0.05) is 38.9 Å². The number of hydrogen-bond donors (Lipinski definition) is 0. The number of methoxy groups -OCH3 is 2. The first kappa shape index (κ1) is 45.8. The number of carbonyl (C=O) groups excluding carboxylic acids is 2. The fourth-order valence-corrected chi connectivity index (χ4v) is 10.3. The van der Waals surface area contributed by atoms with Crippen LogP contribution in [0.5, 0.6) is 0 Å². The summed E-state index contributed by atoms with van der Waals surface area (Å²) < 4.78 is 11.4. The van der Waals surface area contributed by atoms with Gasteiger partial charge in [-0.15, -0.1) is 0 Å². The zero-order valence-corrected chi connectivity index (χ0v) is 36.0. The van der Waals surface area contributed by atoms with Crippen LogP contribution in [-0.4, -0.2) is 42.9 Å². The van der Waals surface area contributed by atoms with Gasteiger partial charge in [-0.3, -0.25) is 9.59 Å². The summed E-state index contributed by atoms with van der Waals surface area (Å²) in [5.74, 6) is 3.85. The highest BCUT2D eigenvalue weighted by atomic mass is 127. The summed E-state index contributed by atoms with van der Waals surface area (Å²) >= 11 is 2.15. The van der Waals surface area contributed by atoms with E-state index in [1.165, 1.54) is 71.9 Å². The van der Waals surface area contributed by atoms with Gasteiger partial charge in [0.15, 0.2) is 0 Å². The second-order valence-electron chi connectivity index (χ2n) is 16.5. The SMILES string of the molecule is C.CCCCC[C@@H](CC[C@@H]1C(=O)C[C@@H]2Cc3c(C)cccc3C[C@@H]21)OC.CCCCC[C@@H](CC[C@H]1C(=O)C[C@H]2Cc3c(C)cccc3C[C@H]21)OC.CI. The first-order valence-electron chi connectivity index (χ1n) is 20.9. The highest BCUT2D eigenvalue weighted by molar-refractivity contribution is 14.1. The van der Waals surface area contributed by atoms with E-state index in [1.807, 2.05) is 19.2 Å². The van der Waals surface area contributed by atoms with Crippen LogP contribution in [0, 0.1) is 49.4 Å². The number of rotatable bonds is 16. The van der Waals surface area contributed by atoms with E-state index in [2.05, 4.69) is 86.7 Å². The summed E-state index contributed by atoms with van der Waals surface area (Å²) in [6.45, 7) is 8.91. The van der Waals surface area contributed by atoms with Gasteiger partial charge in [-0.05, 0) is 140 Å². The van der Waals surface area contributed by atoms with Crippen LogP contribution in [0.4, 0.5) is 0 Å². The Morgan fingerprint density at radius 3 is 1.36 bits per heavy atom. The molecule has 4 nitrogen and oxygen atoms in total. The minimum Gasteiger partial charge on any atom is -0.381 e. The third kappa shape index (κ3) is 12.2. The largest absolute Gasteiger partial charge is 0.381 e. The van der Waals surface area contributed by atoms with Crippen molar-refractivity contribution >= 4 is 34.2 Å². The minimum atomic E-state index is 0. The molecule has 0 saturated heterocycles. The lowest BCUT2D eigenvalue weighted by atomic mass is 9.73. The molecule has 0 unspecified atom stereocenters. The van der Waals surface area contributed by atoms with Crippen LogP contribution < -0.4 is 0 Å². The number of fused-ring (bicyclic) bond motifs is 4. The highest BCUT2D eigenvalue weighted by Crippen LogP contribution is 2.47. The van der Waals surface area contributed by atoms with Gasteiger partial charge in [0.25, 0.3) is 0 Å². The van der Waals surface area contributed by atoms with Gasteiger partial charge in [-0.25, -0.2) is 0 Å². The van der Waals surface area contributed by atoms with E-state index >= 15 is 0 Å². The summed E-state index contributed by atoms with van der Waals surface area (Å²) in [5, 5.41) is 0. The number of aryl methyl sites for hydroxylation is 2. The van der Waals surface area contributed by atoms with Gasteiger partial charge >= 0.3 is 0 Å². The normalized spacial score (nSPS) is 25.0. The van der Waals surface area contributed by atoms with Crippen molar-refractivity contribution in [1.29, 1.82) is 0 Å². The van der Waals surface area contributed by atoms with E-state index in [9.17, 15) is 9.59 Å². The lowest BCUT2D eigenvalue weighted by Crippen LogP contribution is -2.27. The quantitative estimate of drug-likeness (QED) is 0.0960. The average molecular weight is 843 g/mol. The lowest BCUT2D eigenvalue weighted by Gasteiger charge is -2.31. The number of benzene rings is 2. The molecule has 2 saturated carbocycles. The number of halogens is 1. The van der Waals surface area contributed by atoms with E-state index < -0.39 is 0 Å². The number of alkyl halides is 1. The van der Waals surface area contributed by atoms with Crippen molar-refractivity contribution in [3.63, 3.8) is 0 Å². The maximum absolute atomic E-state index is 12.7. The number of unbranched alkanes of at least 4 members (excludes halogenated alkanes) is 4. The monoisotopic (exact) mass is 842 g/mol. The zero-order chi connectivity index (χ0) is 37.6. The van der Waals surface area contributed by atoms with Crippen LogP contribution in [-0.2, 0) is 44.7 Å². The van der Waals surface area contributed by atoms with E-state index in [-0.39, 0.29) is 19.3 Å². The predicted molar refractivity (Wildman–Crippen MR) is 232 cm³/mol. The predicted octanol–water partition coefficient (Wildman–Crippen LogP) is 12.3. The minimum absolute atomic E-state index is 0. The summed E-state index contributed by atoms with van der Waals surface area (Å²) in [5.41, 5.74) is 8.84. The van der Waals surface area contributed by atoms with E-state index in [4.69, 9.17) is 9.47 Å². The Hall–Kier alpha value is -1.57. The van der Waals surface area contributed by atoms with E-state index in [0.29, 0.717) is 47.4 Å². The van der Waals surface area contributed by atoms with Crippen molar-refractivity contribution in [2.45, 2.75) is 163 Å². The topological polar surface area (TPSA) is 52.6 Å². The molecule has 2 aromatic carbocycles. The Morgan fingerprint density at radius 1 is 0.604 bits per heavy atom. The third-order valence-electron chi connectivity index (χ3n) is 13.4. The highest BCUT2D eigenvalue weighted by Gasteiger charge is 2.45. The van der Waals surface area contributed by atoms with Crippen LogP contribution in [0.3, 0.4) is 0 Å². The summed E-state index contributed by atoms with van der Waals surface area (Å²) in [7, 11) is 3.66. The van der Waals surface area contributed by atoms with E-state index in [1.54, 1.807) is 0 Å². The summed E-state index contributed by atoms with van der Waals surface area (Å²) in [6, 6.07) is 13.3. The fourth-order valence-electron chi connectivity index (χ4n) is 10.3. The Bertz CT molecular complexity index is 1300. The second kappa shape index (κ2) is 23.5. The molecular formula is C48H75IO4. The molecule has 0 heterocycles. The molecular weight excluding hydrogens is 767 g/mol. The van der Waals surface area contributed by atoms with Crippen molar-refractivity contribution in [3.8, 4) is 0 Å². The van der Waals surface area contributed by atoms with Crippen molar-refractivity contribution < 1.29 is 19.1 Å². The van der Waals surface area contributed by atoms with Crippen LogP contribution in [0.2, 0.25) is 0 Å². The van der Waals surface area contributed by atoms with E-state index in [0.717, 1.165) is 77.0 Å². The molecule has 0 radical (unpaired) electrons. The zero-order valence-electron chi connectivity index (χ0n) is 33.8. The molecule has 53 heavy (non-hydrogen) atoms. The molecule has 0 amide bonds. The molecule has 0 spiro atoms. The van der Waals surface area contributed by atoms with Gasteiger partial charge in [-0.1, -0.05) is 119 Å². The molecule has 0 aromatic heterocycles. The molecule has 2 aromatic rings. The number of carbonyl (C=O) groups is 2. The maximum atomic E-state index is 12.7. The first-order valence-corrected chi connectivity index (χ1v) is 23.1. The van der Waals surface area contributed by atoms with Gasteiger partial charge in [0.2, 0.25) is 0 Å². The average Bonchev–Trinajstić information content (AvgIpc) is 3.63. The standard InChI is InChI=1S/2C23H34O2.CH3I.CH4/c2*1-4-5-6-10-19(25-3)11-12-20-22-13-17-9-7-8-16(2)21(17)14-18(22)15-23(20)24;1-2;/h2*7-9,18-20,22H,4-6,10-15H2,1-3H3;1H3;1H4/t18-,19+,20-,22-;18-,19-,20-,22-;;/m10../s1. The third-order valence-corrected chi connectivity index (χ3v) is 13.4. The molecule has 0 bridgehead atoms. The van der Waals surface area contributed by atoms with Crippen LogP contribution >= 0.6 is 22.6 Å². The number of ketones is 2. The Kier molecular flexibility index (Phi) is 20.3. The number of Topliss-reactive ketones (excluding diaryl/α,β-unsaturated/α-hetero) is 2. The molecule has 0 aliphatic heterocycles. The second-order valence-corrected chi connectivity index (χ2v) is 16.5. The number of ether oxygens (including phenoxy) is 2. The smallest absolute Gasteiger partial charge is 0.136 e. The Morgan fingerprint density at radius 2 is 1.00 bits per heavy atom. The molecule has 8 atom stereocenters. The lowest BCUT2D eigenvalue weighted by molar-refractivity contribution is -0.122. The van der Waals surface area contributed by atoms with Crippen LogP contribution in [0.1, 0.15) is 145 Å². The van der Waals surface area contributed by atoms with Crippen LogP contribution in [0.25, 0.3) is 0 Å². The van der Waals surface area contributed by atoms with Gasteiger partial charge in [-0.2, -0.15) is 0 Å². The molecule has 4 aliphatic rings. The van der Waals surface area contributed by atoms with Crippen molar-refractivity contribution in [3.05, 3.63) is 69.8 Å². The van der Waals surface area contributed by atoms with Crippen molar-refractivity contribution in [1.82, 2.24) is 0 Å². The molecule has 2 fully saturated rings. The fraction of sp³-hybridized carbons (Fsp3) is 0.708. The maximum Gasteiger partial charge on any atom is 0.136 e. The first-order chi connectivity index (χ1) is 25.3. The molecule has 6 rings (SSSR count). The van der Waals surface area contributed by atoms with Crippen molar-refractivity contribution in [2.24, 2.45) is 35.5 Å². The summed E-state index contributed by atoms with van der Waals surface area (Å²) in [4.78, 5) is 27.4.